The van der Waals surface area contributed by atoms with E-state index in [9.17, 15) is 5.11 Å². The molecule has 2 fully saturated rings. The Hall–Kier alpha value is -3.67. The van der Waals surface area contributed by atoms with Gasteiger partial charge in [0.25, 0.3) is 0 Å². The summed E-state index contributed by atoms with van der Waals surface area (Å²) in [6.45, 7) is 4.26. The molecule has 6 rings (SSSR count). The predicted octanol–water partition coefficient (Wildman–Crippen LogP) is 3.85. The van der Waals surface area contributed by atoms with Crippen LogP contribution in [0, 0.1) is 17.6 Å². The molecule has 9 nitrogen and oxygen atoms in total. The van der Waals surface area contributed by atoms with Crippen LogP contribution in [0.25, 0.3) is 16.8 Å². The highest BCUT2D eigenvalue weighted by molar-refractivity contribution is 5.74. The number of nitrogens with one attached hydrogen (secondary N) is 1. The summed E-state index contributed by atoms with van der Waals surface area (Å²) in [5.74, 6) is -0.856. The van der Waals surface area contributed by atoms with Crippen LogP contribution in [0.4, 0.5) is 26.1 Å². The van der Waals surface area contributed by atoms with Gasteiger partial charge >= 0.3 is 0 Å². The van der Waals surface area contributed by atoms with Crippen LogP contribution < -0.4 is 16.0 Å². The number of nitrogens with zero attached hydrogens (tertiary/aromatic N) is 5. The molecule has 2 aliphatic heterocycles. The smallest absolute Gasteiger partial charge is 0.229 e. The highest BCUT2D eigenvalue weighted by Gasteiger charge is 2.32. The number of ether oxygens (including phenoxy) is 1. The van der Waals surface area contributed by atoms with Crippen molar-refractivity contribution in [3.63, 3.8) is 0 Å². The molecule has 0 spiro atoms. The molecule has 0 amide bonds. The van der Waals surface area contributed by atoms with Crippen molar-refractivity contribution in [1.29, 1.82) is 0 Å². The number of aliphatic hydroxyl groups excluding tert-OH is 1. The molecular weight excluding hydrogens is 504 g/mol. The van der Waals surface area contributed by atoms with Crippen molar-refractivity contribution in [2.75, 3.05) is 36.5 Å². The van der Waals surface area contributed by atoms with Crippen LogP contribution in [0.3, 0.4) is 0 Å². The summed E-state index contributed by atoms with van der Waals surface area (Å²) in [7, 11) is 0. The number of aliphatic hydroxyl groups is 1. The number of hydrogen-bond acceptors (Lipinski definition) is 8. The number of pyridine rings is 1. The number of hydrogen-bond donors (Lipinski definition) is 3. The molecule has 0 aliphatic carbocycles. The zero-order valence-electron chi connectivity index (χ0n) is 21.6. The minimum Gasteiger partial charge on any atom is -0.391 e. The van der Waals surface area contributed by atoms with E-state index in [-0.39, 0.29) is 29.1 Å². The molecule has 3 aromatic heterocycles. The van der Waals surface area contributed by atoms with E-state index in [2.05, 4.69) is 25.3 Å². The van der Waals surface area contributed by atoms with Gasteiger partial charge in [-0.3, -0.25) is 4.98 Å². The Balaban J connectivity index is 1.32. The summed E-state index contributed by atoms with van der Waals surface area (Å²) < 4.78 is 37.5. The number of anilines is 3. The summed E-state index contributed by atoms with van der Waals surface area (Å²) >= 11 is 0. The number of halogens is 2. The van der Waals surface area contributed by atoms with Crippen LogP contribution in [-0.4, -0.2) is 63.1 Å². The Morgan fingerprint density at radius 1 is 1.08 bits per heavy atom. The molecule has 0 radical (unpaired) electrons. The number of piperidine rings is 1. The van der Waals surface area contributed by atoms with Crippen molar-refractivity contribution in [2.45, 2.75) is 37.8 Å². The Bertz CT molecular complexity index is 1460. The van der Waals surface area contributed by atoms with Crippen LogP contribution in [0.15, 0.2) is 48.9 Å². The SMILES string of the molecule is CC1CN(c2ccncc2Nc2ncc3ccc(-c4c(F)cc(C5CCOCC5)cc4F)nn23)CC(N)C1O. The van der Waals surface area contributed by atoms with E-state index in [4.69, 9.17) is 10.5 Å². The lowest BCUT2D eigenvalue weighted by molar-refractivity contribution is 0.0785. The zero-order valence-corrected chi connectivity index (χ0v) is 21.6. The quantitative estimate of drug-likeness (QED) is 0.353. The second-order valence-corrected chi connectivity index (χ2v) is 10.4. The highest BCUT2D eigenvalue weighted by atomic mass is 19.1. The average molecular weight is 536 g/mol. The number of fused-ring (bicyclic) bond motifs is 1. The van der Waals surface area contributed by atoms with Crippen molar-refractivity contribution >= 4 is 22.8 Å². The Morgan fingerprint density at radius 3 is 2.59 bits per heavy atom. The maximum absolute atomic E-state index is 15.3. The first-order valence-corrected chi connectivity index (χ1v) is 13.2. The van der Waals surface area contributed by atoms with Crippen LogP contribution >= 0.6 is 0 Å². The zero-order chi connectivity index (χ0) is 27.1. The third-order valence-corrected chi connectivity index (χ3v) is 7.74. The number of nitrogens with two attached hydrogens (primary N) is 1. The lowest BCUT2D eigenvalue weighted by Crippen LogP contribution is -2.55. The van der Waals surface area contributed by atoms with Crippen LogP contribution in [0.5, 0.6) is 0 Å². The molecule has 204 valence electrons. The predicted molar refractivity (Wildman–Crippen MR) is 144 cm³/mol. The first-order valence-electron chi connectivity index (χ1n) is 13.2. The van der Waals surface area contributed by atoms with Gasteiger partial charge in [0, 0.05) is 44.5 Å². The first-order chi connectivity index (χ1) is 18.9. The third kappa shape index (κ3) is 4.93. The van der Waals surface area contributed by atoms with Crippen LogP contribution in [0.2, 0.25) is 0 Å². The average Bonchev–Trinajstić information content (AvgIpc) is 3.34. The lowest BCUT2D eigenvalue weighted by Gasteiger charge is -2.40. The van der Waals surface area contributed by atoms with E-state index in [1.807, 2.05) is 13.0 Å². The number of rotatable bonds is 5. The Kier molecular flexibility index (Phi) is 6.88. The minimum atomic E-state index is -0.648. The second kappa shape index (κ2) is 10.5. The summed E-state index contributed by atoms with van der Waals surface area (Å²) in [6.07, 6.45) is 5.92. The van der Waals surface area contributed by atoms with Crippen molar-refractivity contribution in [2.24, 2.45) is 11.7 Å². The first kappa shape index (κ1) is 25.6. The molecule has 39 heavy (non-hydrogen) atoms. The molecule has 5 heterocycles. The van der Waals surface area contributed by atoms with Gasteiger partial charge in [-0.2, -0.15) is 9.61 Å². The van der Waals surface area contributed by atoms with Crippen LogP contribution in [0.1, 0.15) is 31.2 Å². The van der Waals surface area contributed by atoms with E-state index >= 15 is 8.78 Å². The highest BCUT2D eigenvalue weighted by Crippen LogP contribution is 2.34. The Morgan fingerprint density at radius 2 is 1.85 bits per heavy atom. The largest absolute Gasteiger partial charge is 0.391 e. The maximum Gasteiger partial charge on any atom is 0.229 e. The molecule has 11 heteroatoms. The molecule has 4 aromatic rings. The van der Waals surface area contributed by atoms with Gasteiger partial charge < -0.3 is 25.8 Å². The molecule has 4 N–H and O–H groups in total. The van der Waals surface area contributed by atoms with Gasteiger partial charge in [-0.25, -0.2) is 13.8 Å². The monoisotopic (exact) mass is 535 g/mol. The molecule has 3 atom stereocenters. The van der Waals surface area contributed by atoms with Crippen molar-refractivity contribution in [3.8, 4) is 11.3 Å². The number of benzene rings is 1. The molecule has 2 saturated heterocycles. The minimum absolute atomic E-state index is 0.00567. The van der Waals surface area contributed by atoms with E-state index < -0.39 is 17.7 Å². The summed E-state index contributed by atoms with van der Waals surface area (Å²) in [5.41, 5.74) is 9.00. The van der Waals surface area contributed by atoms with Gasteiger partial charge in [-0.1, -0.05) is 6.92 Å². The molecule has 2 aliphatic rings. The van der Waals surface area contributed by atoms with E-state index in [1.165, 1.54) is 16.6 Å². The molecule has 3 unspecified atom stereocenters. The number of aromatic nitrogens is 4. The summed E-state index contributed by atoms with van der Waals surface area (Å²) in [5, 5.41) is 18.1. The fourth-order valence-corrected chi connectivity index (χ4v) is 5.60. The Labute approximate surface area is 224 Å². The summed E-state index contributed by atoms with van der Waals surface area (Å²) in [6, 6.07) is 7.64. The van der Waals surface area contributed by atoms with Gasteiger partial charge in [0.05, 0.1) is 46.6 Å². The van der Waals surface area contributed by atoms with Crippen molar-refractivity contribution < 1.29 is 18.6 Å². The normalized spacial score (nSPS) is 22.4. The third-order valence-electron chi connectivity index (χ3n) is 7.74. The molecular formula is C28H31F2N7O2. The molecule has 0 bridgehead atoms. The summed E-state index contributed by atoms with van der Waals surface area (Å²) in [4.78, 5) is 10.8. The van der Waals surface area contributed by atoms with Gasteiger partial charge in [0.15, 0.2) is 0 Å². The fourth-order valence-electron chi connectivity index (χ4n) is 5.60. The number of imidazole rings is 1. The molecule has 0 saturated carbocycles. The molecule has 1 aromatic carbocycles. The van der Waals surface area contributed by atoms with Crippen LogP contribution in [-0.2, 0) is 4.74 Å². The van der Waals surface area contributed by atoms with Gasteiger partial charge in [-0.05, 0) is 54.7 Å². The fraction of sp³-hybridized carbons (Fsp3) is 0.393. The maximum atomic E-state index is 15.3. The van der Waals surface area contributed by atoms with E-state index in [0.717, 1.165) is 18.5 Å². The van der Waals surface area contributed by atoms with Crippen molar-refractivity contribution in [1.82, 2.24) is 19.6 Å². The van der Waals surface area contributed by atoms with E-state index in [1.54, 1.807) is 30.7 Å². The second-order valence-electron chi connectivity index (χ2n) is 10.4. The standard InChI is InChI=1S/C28H31F2N7O2/c1-16-14-36(15-22(31)27(16)38)25-4-7-32-13-24(25)34-28-33-12-19-2-3-23(35-37(19)28)26-20(29)10-18(11-21(26)30)17-5-8-39-9-6-17/h2-4,7,10-13,16-17,22,27,38H,5-6,8-9,14-15,31H2,1H3,(H,33,34). The van der Waals surface area contributed by atoms with Gasteiger partial charge in [0.2, 0.25) is 5.95 Å². The lowest BCUT2D eigenvalue weighted by atomic mass is 9.90. The van der Waals surface area contributed by atoms with Gasteiger partial charge in [-0.15, -0.1) is 0 Å². The topological polar surface area (TPSA) is 114 Å². The van der Waals surface area contributed by atoms with Crippen molar-refractivity contribution in [3.05, 3.63) is 66.1 Å². The van der Waals surface area contributed by atoms with Gasteiger partial charge in [0.1, 0.15) is 11.6 Å². The van der Waals surface area contributed by atoms with E-state index in [0.29, 0.717) is 49.0 Å².